The Balaban J connectivity index is 4.36. The molecule has 3 nitrogen and oxygen atoms in total. The summed E-state index contributed by atoms with van der Waals surface area (Å²) >= 11 is 1.41. The van der Waals surface area contributed by atoms with Crippen molar-refractivity contribution in [1.82, 2.24) is 0 Å². The molecule has 0 rings (SSSR count). The maximum atomic E-state index is 10.7. The maximum Gasteiger partial charge on any atom is 0.336 e. The van der Waals surface area contributed by atoms with Crippen LogP contribution in [0.1, 0.15) is 20.3 Å². The molecule has 0 aromatic rings. The fourth-order valence-electron chi connectivity index (χ4n) is 1.000. The van der Waals surface area contributed by atoms with Crippen molar-refractivity contribution in [1.29, 1.82) is 0 Å². The summed E-state index contributed by atoms with van der Waals surface area (Å²) in [5.74, 6) is -0.516. The van der Waals surface area contributed by atoms with Crippen molar-refractivity contribution in [2.24, 2.45) is 0 Å². The van der Waals surface area contributed by atoms with Gasteiger partial charge in [0.2, 0.25) is 0 Å². The molecule has 0 aliphatic heterocycles. The molecular weight excluding hydrogens is 188 g/mol. The van der Waals surface area contributed by atoms with Crippen molar-refractivity contribution < 1.29 is 15.0 Å². The van der Waals surface area contributed by atoms with Crippen LogP contribution in [0.25, 0.3) is 0 Å². The molecule has 76 valence electrons. The Kier molecular flexibility index (Phi) is 5.10. The Hall–Kier alpha value is -0.480. The molecule has 13 heavy (non-hydrogen) atoms. The summed E-state index contributed by atoms with van der Waals surface area (Å²) in [6, 6.07) is 0. The van der Waals surface area contributed by atoms with Gasteiger partial charge < -0.3 is 10.2 Å². The third-order valence-electron chi connectivity index (χ3n) is 1.85. The molecular formula is C9H16O3S. The number of rotatable bonds is 6. The first kappa shape index (κ1) is 12.5. The molecule has 0 aromatic carbocycles. The van der Waals surface area contributed by atoms with Crippen LogP contribution >= 0.6 is 11.8 Å². The summed E-state index contributed by atoms with van der Waals surface area (Å²) in [4.78, 5) is 10.7. The number of hydrogen-bond acceptors (Lipinski definition) is 3. The molecule has 0 unspecified atom stereocenters. The minimum Gasteiger partial charge on any atom is -0.479 e. The lowest BCUT2D eigenvalue weighted by Crippen LogP contribution is -2.44. The molecule has 0 bridgehead atoms. The molecule has 0 fully saturated rings. The number of carboxylic acid groups (broad SMARTS) is 1. The number of carboxylic acids is 1. The van der Waals surface area contributed by atoms with Crippen molar-refractivity contribution in [3.63, 3.8) is 0 Å². The van der Waals surface area contributed by atoms with Gasteiger partial charge in [-0.1, -0.05) is 13.0 Å². The van der Waals surface area contributed by atoms with Gasteiger partial charge in [-0.15, -0.1) is 6.58 Å². The van der Waals surface area contributed by atoms with Gasteiger partial charge in [-0.2, -0.15) is 11.8 Å². The van der Waals surface area contributed by atoms with E-state index in [0.717, 1.165) is 0 Å². The monoisotopic (exact) mass is 204 g/mol. The standard InChI is InChI=1S/C9H16O3S/c1-4-6-13-7(5-2)9(3,12)8(10)11/h4,7,12H,1,5-6H2,2-3H3,(H,10,11)/t7-,9-/m1/s1. The Morgan fingerprint density at radius 1 is 1.77 bits per heavy atom. The molecule has 0 heterocycles. The molecule has 2 N–H and O–H groups in total. The summed E-state index contributed by atoms with van der Waals surface area (Å²) in [6.45, 7) is 6.74. The van der Waals surface area contributed by atoms with E-state index in [1.807, 2.05) is 6.92 Å². The molecule has 0 aliphatic rings. The van der Waals surface area contributed by atoms with Gasteiger partial charge >= 0.3 is 5.97 Å². The Bertz CT molecular complexity index is 189. The Morgan fingerprint density at radius 2 is 2.31 bits per heavy atom. The van der Waals surface area contributed by atoms with Gasteiger partial charge in [0.25, 0.3) is 0 Å². The van der Waals surface area contributed by atoms with E-state index in [4.69, 9.17) is 5.11 Å². The topological polar surface area (TPSA) is 57.5 Å². The van der Waals surface area contributed by atoms with E-state index >= 15 is 0 Å². The van der Waals surface area contributed by atoms with Crippen molar-refractivity contribution in [3.8, 4) is 0 Å². The first-order chi connectivity index (χ1) is 5.96. The van der Waals surface area contributed by atoms with Crippen molar-refractivity contribution in [2.45, 2.75) is 31.1 Å². The zero-order valence-electron chi connectivity index (χ0n) is 7.99. The number of thioether (sulfide) groups is 1. The summed E-state index contributed by atoms with van der Waals surface area (Å²) in [7, 11) is 0. The predicted molar refractivity (Wildman–Crippen MR) is 55.0 cm³/mol. The molecule has 0 saturated heterocycles. The second kappa shape index (κ2) is 5.29. The zero-order valence-corrected chi connectivity index (χ0v) is 8.80. The minimum atomic E-state index is -1.65. The molecule has 0 spiro atoms. The summed E-state index contributed by atoms with van der Waals surface area (Å²) in [6.07, 6.45) is 2.32. The van der Waals surface area contributed by atoms with Crippen LogP contribution in [0.4, 0.5) is 0 Å². The van der Waals surface area contributed by atoms with Gasteiger partial charge in [0.1, 0.15) is 0 Å². The maximum absolute atomic E-state index is 10.7. The van der Waals surface area contributed by atoms with E-state index < -0.39 is 11.6 Å². The van der Waals surface area contributed by atoms with Crippen molar-refractivity contribution in [3.05, 3.63) is 12.7 Å². The fraction of sp³-hybridized carbons (Fsp3) is 0.667. The zero-order chi connectivity index (χ0) is 10.5. The van der Waals surface area contributed by atoms with Gasteiger partial charge in [-0.25, -0.2) is 4.79 Å². The lowest BCUT2D eigenvalue weighted by atomic mass is 10.0. The van der Waals surface area contributed by atoms with Gasteiger partial charge in [0.15, 0.2) is 5.60 Å². The summed E-state index contributed by atoms with van der Waals surface area (Å²) < 4.78 is 0. The van der Waals surface area contributed by atoms with Crippen LogP contribution < -0.4 is 0 Å². The third-order valence-corrected chi connectivity index (χ3v) is 3.47. The van der Waals surface area contributed by atoms with E-state index in [2.05, 4.69) is 6.58 Å². The van der Waals surface area contributed by atoms with Gasteiger partial charge in [-0.05, 0) is 13.3 Å². The Morgan fingerprint density at radius 3 is 2.62 bits per heavy atom. The van der Waals surface area contributed by atoms with Crippen LogP contribution in [-0.2, 0) is 4.79 Å². The number of carbonyl (C=O) groups is 1. The Labute approximate surface area is 82.8 Å². The average molecular weight is 204 g/mol. The smallest absolute Gasteiger partial charge is 0.336 e. The van der Waals surface area contributed by atoms with Crippen molar-refractivity contribution in [2.75, 3.05) is 5.75 Å². The highest BCUT2D eigenvalue weighted by Gasteiger charge is 2.38. The normalized spacial score (nSPS) is 17.5. The first-order valence-electron chi connectivity index (χ1n) is 4.15. The number of hydrogen-bond donors (Lipinski definition) is 2. The van der Waals surface area contributed by atoms with Gasteiger partial charge in [0, 0.05) is 11.0 Å². The molecule has 0 aliphatic carbocycles. The lowest BCUT2D eigenvalue weighted by Gasteiger charge is -2.27. The lowest BCUT2D eigenvalue weighted by molar-refractivity contribution is -0.156. The van der Waals surface area contributed by atoms with E-state index in [1.54, 1.807) is 6.08 Å². The van der Waals surface area contributed by atoms with E-state index in [9.17, 15) is 9.90 Å². The van der Waals surface area contributed by atoms with E-state index in [-0.39, 0.29) is 5.25 Å². The van der Waals surface area contributed by atoms with Crippen LogP contribution in [0.3, 0.4) is 0 Å². The summed E-state index contributed by atoms with van der Waals surface area (Å²) in [5.41, 5.74) is -1.65. The largest absolute Gasteiger partial charge is 0.479 e. The van der Waals surface area contributed by atoms with Crippen LogP contribution in [0.5, 0.6) is 0 Å². The van der Waals surface area contributed by atoms with Crippen LogP contribution in [-0.4, -0.2) is 32.8 Å². The highest BCUT2D eigenvalue weighted by atomic mass is 32.2. The predicted octanol–water partition coefficient (Wildman–Crippen LogP) is 1.52. The quantitative estimate of drug-likeness (QED) is 0.644. The molecule has 0 radical (unpaired) electrons. The van der Waals surface area contributed by atoms with E-state index in [1.165, 1.54) is 18.7 Å². The van der Waals surface area contributed by atoms with Crippen LogP contribution in [0, 0.1) is 0 Å². The van der Waals surface area contributed by atoms with Crippen LogP contribution in [0.2, 0.25) is 0 Å². The van der Waals surface area contributed by atoms with Crippen LogP contribution in [0.15, 0.2) is 12.7 Å². The molecule has 0 amide bonds. The molecule has 4 heteroatoms. The summed E-state index contributed by atoms with van der Waals surface area (Å²) in [5, 5.41) is 18.1. The van der Waals surface area contributed by atoms with Gasteiger partial charge in [0.05, 0.1) is 0 Å². The number of aliphatic hydroxyl groups is 1. The van der Waals surface area contributed by atoms with Gasteiger partial charge in [-0.3, -0.25) is 0 Å². The van der Waals surface area contributed by atoms with E-state index in [0.29, 0.717) is 12.2 Å². The highest BCUT2D eigenvalue weighted by molar-refractivity contribution is 8.00. The minimum absolute atomic E-state index is 0.289. The second-order valence-electron chi connectivity index (χ2n) is 2.97. The molecule has 2 atom stereocenters. The van der Waals surface area contributed by atoms with Crippen molar-refractivity contribution >= 4 is 17.7 Å². The first-order valence-corrected chi connectivity index (χ1v) is 5.19. The molecule has 0 aromatic heterocycles. The molecule has 0 saturated carbocycles. The SMILES string of the molecule is C=CCS[C@H](CC)[C@@](C)(O)C(=O)O. The number of aliphatic carboxylic acids is 1. The third kappa shape index (κ3) is 3.40. The average Bonchev–Trinajstić information content (AvgIpc) is 2.05. The highest BCUT2D eigenvalue weighted by Crippen LogP contribution is 2.26. The fourth-order valence-corrected chi connectivity index (χ4v) is 2.03. The second-order valence-corrected chi connectivity index (χ2v) is 4.21.